The van der Waals surface area contributed by atoms with Crippen LogP contribution in [0.2, 0.25) is 0 Å². The van der Waals surface area contributed by atoms with Gasteiger partial charge in [0.25, 0.3) is 5.91 Å². The summed E-state index contributed by atoms with van der Waals surface area (Å²) in [7, 11) is 0. The average molecular weight is 262 g/mol. The first-order chi connectivity index (χ1) is 8.96. The number of benzene rings is 1. The van der Waals surface area contributed by atoms with Gasteiger partial charge in [-0.1, -0.05) is 19.1 Å². The van der Waals surface area contributed by atoms with Gasteiger partial charge in [-0.05, 0) is 30.5 Å². The number of aryl methyl sites for hydroxylation is 1. The smallest absolute Gasteiger partial charge is 0.325 e. The van der Waals surface area contributed by atoms with Gasteiger partial charge < -0.3 is 15.7 Å². The molecule has 0 saturated carbocycles. The third kappa shape index (κ3) is 2.61. The lowest BCUT2D eigenvalue weighted by Crippen LogP contribution is -2.50. The van der Waals surface area contributed by atoms with E-state index in [1.165, 1.54) is 4.90 Å². The molecule has 1 unspecified atom stereocenters. The van der Waals surface area contributed by atoms with Gasteiger partial charge in [0.05, 0.1) is 0 Å². The van der Waals surface area contributed by atoms with Gasteiger partial charge in [-0.2, -0.15) is 0 Å². The van der Waals surface area contributed by atoms with Crippen LogP contribution in [0.5, 0.6) is 0 Å². The number of hydrogen-bond acceptors (Lipinski definition) is 3. The maximum Gasteiger partial charge on any atom is 0.325 e. The topological polar surface area (TPSA) is 83.6 Å². The Morgan fingerprint density at radius 3 is 2.47 bits per heavy atom. The summed E-state index contributed by atoms with van der Waals surface area (Å²) in [6, 6.07) is 7.38. The van der Waals surface area contributed by atoms with Crippen molar-refractivity contribution < 1.29 is 14.7 Å². The number of carboxylic acid groups (broad SMARTS) is 1. The molecule has 0 bridgehead atoms. The summed E-state index contributed by atoms with van der Waals surface area (Å²) in [5.41, 5.74) is 6.19. The molecule has 5 heteroatoms. The third-order valence-corrected chi connectivity index (χ3v) is 3.62. The molecule has 1 heterocycles. The van der Waals surface area contributed by atoms with Crippen molar-refractivity contribution in [3.8, 4) is 0 Å². The van der Waals surface area contributed by atoms with Crippen molar-refractivity contribution in [2.24, 2.45) is 5.73 Å². The molecule has 5 nitrogen and oxygen atoms in total. The van der Waals surface area contributed by atoms with Gasteiger partial charge in [-0.15, -0.1) is 0 Å². The SMILES string of the molecule is CCc1ccc(C(=O)N2CCC(N)(C(=O)O)C2)cc1. The van der Waals surface area contributed by atoms with E-state index in [9.17, 15) is 9.59 Å². The van der Waals surface area contributed by atoms with Gasteiger partial charge in [-0.3, -0.25) is 9.59 Å². The first-order valence-corrected chi connectivity index (χ1v) is 6.37. The van der Waals surface area contributed by atoms with E-state index in [4.69, 9.17) is 10.8 Å². The highest BCUT2D eigenvalue weighted by Gasteiger charge is 2.43. The van der Waals surface area contributed by atoms with Crippen molar-refractivity contribution >= 4 is 11.9 Å². The predicted molar refractivity (Wildman–Crippen MR) is 70.9 cm³/mol. The summed E-state index contributed by atoms with van der Waals surface area (Å²) < 4.78 is 0. The second kappa shape index (κ2) is 5.01. The largest absolute Gasteiger partial charge is 0.480 e. The van der Waals surface area contributed by atoms with Gasteiger partial charge in [0.1, 0.15) is 5.54 Å². The van der Waals surface area contributed by atoms with Crippen LogP contribution in [0.4, 0.5) is 0 Å². The normalized spacial score (nSPS) is 22.5. The quantitative estimate of drug-likeness (QED) is 0.847. The molecule has 1 aromatic carbocycles. The summed E-state index contributed by atoms with van der Waals surface area (Å²) in [6.07, 6.45) is 1.21. The third-order valence-electron chi connectivity index (χ3n) is 3.62. The zero-order valence-corrected chi connectivity index (χ0v) is 10.9. The second-order valence-corrected chi connectivity index (χ2v) is 4.99. The summed E-state index contributed by atoms with van der Waals surface area (Å²) in [4.78, 5) is 24.8. The molecule has 0 spiro atoms. The molecule has 0 aromatic heterocycles. The number of carboxylic acids is 1. The average Bonchev–Trinajstić information content (AvgIpc) is 2.82. The fraction of sp³-hybridized carbons (Fsp3) is 0.429. The molecule has 19 heavy (non-hydrogen) atoms. The Hall–Kier alpha value is -1.88. The standard InChI is InChI=1S/C14H18N2O3/c1-2-10-3-5-11(6-4-10)12(17)16-8-7-14(15,9-16)13(18)19/h3-6H,2,7-9,15H2,1H3,(H,18,19). The summed E-state index contributed by atoms with van der Waals surface area (Å²) in [5.74, 6) is -1.21. The van der Waals surface area contributed by atoms with Crippen LogP contribution >= 0.6 is 0 Å². The zero-order chi connectivity index (χ0) is 14.0. The highest BCUT2D eigenvalue weighted by molar-refractivity contribution is 5.95. The maximum atomic E-state index is 12.2. The van der Waals surface area contributed by atoms with E-state index in [0.29, 0.717) is 18.5 Å². The van der Waals surface area contributed by atoms with E-state index in [-0.39, 0.29) is 12.5 Å². The van der Waals surface area contributed by atoms with Gasteiger partial charge in [0, 0.05) is 18.7 Å². The highest BCUT2D eigenvalue weighted by atomic mass is 16.4. The maximum absolute atomic E-state index is 12.2. The van der Waals surface area contributed by atoms with Gasteiger partial charge in [-0.25, -0.2) is 0 Å². The van der Waals surface area contributed by atoms with E-state index in [1.807, 2.05) is 19.1 Å². The minimum Gasteiger partial charge on any atom is -0.480 e. The van der Waals surface area contributed by atoms with Crippen LogP contribution in [-0.4, -0.2) is 40.5 Å². The Labute approximate surface area is 112 Å². The molecule has 102 valence electrons. The molecular weight excluding hydrogens is 244 g/mol. The first-order valence-electron chi connectivity index (χ1n) is 6.37. The van der Waals surface area contributed by atoms with E-state index in [1.54, 1.807) is 12.1 Å². The fourth-order valence-electron chi connectivity index (χ4n) is 2.25. The molecule has 1 aromatic rings. The Bertz CT molecular complexity index is 498. The Morgan fingerprint density at radius 2 is 2.00 bits per heavy atom. The minimum absolute atomic E-state index is 0.0662. The molecule has 1 aliphatic rings. The van der Waals surface area contributed by atoms with E-state index < -0.39 is 11.5 Å². The summed E-state index contributed by atoms with van der Waals surface area (Å²) in [6.45, 7) is 2.50. The van der Waals surface area contributed by atoms with E-state index in [0.717, 1.165) is 12.0 Å². The fourth-order valence-corrected chi connectivity index (χ4v) is 2.25. The van der Waals surface area contributed by atoms with Crippen molar-refractivity contribution in [2.75, 3.05) is 13.1 Å². The number of amides is 1. The Kier molecular flexibility index (Phi) is 3.57. The van der Waals surface area contributed by atoms with Crippen LogP contribution in [0, 0.1) is 0 Å². The van der Waals surface area contributed by atoms with Crippen LogP contribution in [0.1, 0.15) is 29.3 Å². The van der Waals surface area contributed by atoms with Gasteiger partial charge >= 0.3 is 5.97 Å². The lowest BCUT2D eigenvalue weighted by Gasteiger charge is -2.20. The molecule has 1 atom stereocenters. The van der Waals surface area contributed by atoms with Crippen molar-refractivity contribution in [3.63, 3.8) is 0 Å². The van der Waals surface area contributed by atoms with E-state index in [2.05, 4.69) is 0 Å². The number of likely N-dealkylation sites (tertiary alicyclic amines) is 1. The van der Waals surface area contributed by atoms with E-state index >= 15 is 0 Å². The lowest BCUT2D eigenvalue weighted by atomic mass is 10.0. The highest BCUT2D eigenvalue weighted by Crippen LogP contribution is 2.21. The van der Waals surface area contributed by atoms with Gasteiger partial charge in [0.2, 0.25) is 0 Å². The van der Waals surface area contributed by atoms with Crippen molar-refractivity contribution in [1.29, 1.82) is 0 Å². The molecule has 3 N–H and O–H groups in total. The minimum atomic E-state index is -1.31. The number of rotatable bonds is 3. The predicted octanol–water partition coefficient (Wildman–Crippen LogP) is 0.877. The van der Waals surface area contributed by atoms with Crippen molar-refractivity contribution in [1.82, 2.24) is 4.90 Å². The summed E-state index contributed by atoms with van der Waals surface area (Å²) >= 11 is 0. The van der Waals surface area contributed by atoms with Crippen LogP contribution < -0.4 is 5.73 Å². The number of carbonyl (C=O) groups excluding carboxylic acids is 1. The second-order valence-electron chi connectivity index (χ2n) is 4.99. The molecular formula is C14H18N2O3. The zero-order valence-electron chi connectivity index (χ0n) is 10.9. The lowest BCUT2D eigenvalue weighted by molar-refractivity contribution is -0.142. The number of carbonyl (C=O) groups is 2. The van der Waals surface area contributed by atoms with Crippen molar-refractivity contribution in [3.05, 3.63) is 35.4 Å². The molecule has 1 fully saturated rings. The molecule has 0 radical (unpaired) electrons. The number of nitrogens with zero attached hydrogens (tertiary/aromatic N) is 1. The van der Waals surface area contributed by atoms with Gasteiger partial charge in [0.15, 0.2) is 0 Å². The number of hydrogen-bond donors (Lipinski definition) is 2. The molecule has 2 rings (SSSR count). The molecule has 1 aliphatic heterocycles. The van der Waals surface area contributed by atoms with Crippen LogP contribution in [0.3, 0.4) is 0 Å². The Morgan fingerprint density at radius 1 is 1.37 bits per heavy atom. The number of nitrogens with two attached hydrogens (primary N) is 1. The summed E-state index contributed by atoms with van der Waals surface area (Å²) in [5, 5.41) is 9.05. The monoisotopic (exact) mass is 262 g/mol. The molecule has 1 saturated heterocycles. The van der Waals surface area contributed by atoms with Crippen molar-refractivity contribution in [2.45, 2.75) is 25.3 Å². The van der Waals surface area contributed by atoms with Crippen LogP contribution in [0.15, 0.2) is 24.3 Å². The molecule has 0 aliphatic carbocycles. The molecule has 1 amide bonds. The van der Waals surface area contributed by atoms with Crippen LogP contribution in [-0.2, 0) is 11.2 Å². The Balaban J connectivity index is 2.11. The first kappa shape index (κ1) is 13.5. The number of aliphatic carboxylic acids is 1. The van der Waals surface area contributed by atoms with Crippen LogP contribution in [0.25, 0.3) is 0 Å².